The minimum atomic E-state index is -1.21. The van der Waals surface area contributed by atoms with Gasteiger partial charge in [-0.3, -0.25) is 9.19 Å². The lowest BCUT2D eigenvalue weighted by Crippen LogP contribution is -2.26. The van der Waals surface area contributed by atoms with Crippen molar-refractivity contribution in [2.45, 2.75) is 38.0 Å². The molecule has 0 radical (unpaired) electrons. The first-order valence-electron chi connectivity index (χ1n) is 6.70. The lowest BCUT2D eigenvalue weighted by atomic mass is 10.2. The van der Waals surface area contributed by atoms with Crippen molar-refractivity contribution in [1.82, 2.24) is 9.88 Å². The molecule has 1 N–H and O–H groups in total. The average molecular weight is 280 g/mol. The van der Waals surface area contributed by atoms with Crippen LogP contribution in [0.3, 0.4) is 0 Å². The van der Waals surface area contributed by atoms with Crippen molar-refractivity contribution in [3.8, 4) is 0 Å². The summed E-state index contributed by atoms with van der Waals surface area (Å²) in [7, 11) is -1.21. The Morgan fingerprint density at radius 1 is 1.42 bits per heavy atom. The first-order valence-corrected chi connectivity index (χ1v) is 7.98. The number of aliphatic hydroxyl groups is 1. The van der Waals surface area contributed by atoms with E-state index in [-0.39, 0.29) is 11.3 Å². The lowest BCUT2D eigenvalue weighted by Gasteiger charge is -2.25. The smallest absolute Gasteiger partial charge is 0.197 e. The summed E-state index contributed by atoms with van der Waals surface area (Å²) < 4.78 is 12.1. The maximum Gasteiger partial charge on any atom is 0.197 e. The van der Waals surface area contributed by atoms with Crippen molar-refractivity contribution in [2.24, 2.45) is 0 Å². The lowest BCUT2D eigenvalue weighted by molar-refractivity contribution is 0.193. The quantitative estimate of drug-likeness (QED) is 0.814. The fourth-order valence-corrected chi connectivity index (χ4v) is 3.60. The molecule has 19 heavy (non-hydrogen) atoms. The van der Waals surface area contributed by atoms with E-state index in [4.69, 9.17) is 0 Å². The van der Waals surface area contributed by atoms with Gasteiger partial charge in [-0.1, -0.05) is 32.3 Å². The Bertz CT molecular complexity index is 462. The van der Waals surface area contributed by atoms with E-state index in [1.54, 1.807) is 12.4 Å². The molecular formula is C14H20N2O2S. The van der Waals surface area contributed by atoms with Crippen LogP contribution in [0.25, 0.3) is 0 Å². The molecular weight excluding hydrogens is 260 g/mol. The third kappa shape index (κ3) is 3.35. The van der Waals surface area contributed by atoms with Gasteiger partial charge in [-0.2, -0.15) is 0 Å². The molecule has 0 aliphatic carbocycles. The summed E-state index contributed by atoms with van der Waals surface area (Å²) >= 11 is 0. The van der Waals surface area contributed by atoms with E-state index < -0.39 is 10.8 Å². The van der Waals surface area contributed by atoms with Crippen molar-refractivity contribution in [2.75, 3.05) is 6.54 Å². The van der Waals surface area contributed by atoms with Gasteiger partial charge < -0.3 is 10.0 Å². The van der Waals surface area contributed by atoms with Crippen LogP contribution < -0.4 is 0 Å². The summed E-state index contributed by atoms with van der Waals surface area (Å²) in [6.45, 7) is 2.90. The molecule has 2 atom stereocenters. The van der Waals surface area contributed by atoms with Crippen LogP contribution in [-0.2, 0) is 10.8 Å². The first-order chi connectivity index (χ1) is 9.24. The van der Waals surface area contributed by atoms with E-state index in [9.17, 15) is 9.32 Å². The Balaban J connectivity index is 2.06. The number of pyridine rings is 1. The largest absolute Gasteiger partial charge is 0.494 e. The molecule has 0 aromatic carbocycles. The van der Waals surface area contributed by atoms with Gasteiger partial charge in [0.05, 0.1) is 16.2 Å². The summed E-state index contributed by atoms with van der Waals surface area (Å²) in [4.78, 5) is 5.89. The van der Waals surface area contributed by atoms with Crippen molar-refractivity contribution in [1.29, 1.82) is 0 Å². The number of nitrogens with zero attached hydrogens (tertiary/aromatic N) is 2. The van der Waals surface area contributed by atoms with Crippen LogP contribution in [0.15, 0.2) is 35.8 Å². The van der Waals surface area contributed by atoms with Crippen LogP contribution in [0.1, 0.15) is 43.5 Å². The van der Waals surface area contributed by atoms with Crippen molar-refractivity contribution < 1.29 is 9.32 Å². The topological polar surface area (TPSA) is 53.4 Å². The number of aromatic nitrogens is 1. The minimum Gasteiger partial charge on any atom is -0.494 e. The minimum absolute atomic E-state index is 0.128. The van der Waals surface area contributed by atoms with E-state index >= 15 is 0 Å². The average Bonchev–Trinajstić information content (AvgIpc) is 2.70. The maximum absolute atomic E-state index is 12.1. The molecule has 0 saturated heterocycles. The van der Waals surface area contributed by atoms with Gasteiger partial charge in [-0.15, -0.1) is 0 Å². The molecule has 4 nitrogen and oxygen atoms in total. The van der Waals surface area contributed by atoms with Crippen molar-refractivity contribution in [3.05, 3.63) is 41.4 Å². The second-order valence-corrected chi connectivity index (χ2v) is 6.04. The van der Waals surface area contributed by atoms with Gasteiger partial charge in [-0.05, 0) is 12.5 Å². The third-order valence-corrected chi connectivity index (χ3v) is 4.65. The molecule has 2 unspecified atom stereocenters. The third-order valence-electron chi connectivity index (χ3n) is 3.24. The molecule has 2 heterocycles. The van der Waals surface area contributed by atoms with Crippen LogP contribution in [0.2, 0.25) is 0 Å². The zero-order valence-corrected chi connectivity index (χ0v) is 12.0. The molecule has 1 aliphatic rings. The zero-order valence-electron chi connectivity index (χ0n) is 11.2. The SMILES string of the molecule is CCCCCCN1C(O)=CS(=O)C1c1cccnc1. The molecule has 0 bridgehead atoms. The highest BCUT2D eigenvalue weighted by atomic mass is 32.2. The Morgan fingerprint density at radius 3 is 2.95 bits per heavy atom. The summed E-state index contributed by atoms with van der Waals surface area (Å²) in [5, 5.41) is 11.1. The van der Waals surface area contributed by atoms with E-state index in [0.29, 0.717) is 0 Å². The summed E-state index contributed by atoms with van der Waals surface area (Å²) in [6.07, 6.45) is 7.92. The van der Waals surface area contributed by atoms with Crippen LogP contribution in [0.4, 0.5) is 0 Å². The fourth-order valence-electron chi connectivity index (χ4n) is 2.26. The van der Waals surface area contributed by atoms with E-state index in [1.807, 2.05) is 17.0 Å². The highest BCUT2D eigenvalue weighted by Gasteiger charge is 2.33. The van der Waals surface area contributed by atoms with Gasteiger partial charge in [0.1, 0.15) is 5.37 Å². The summed E-state index contributed by atoms with van der Waals surface area (Å²) in [5.74, 6) is 0.128. The Labute approximate surface area is 116 Å². The van der Waals surface area contributed by atoms with Crippen molar-refractivity contribution >= 4 is 10.8 Å². The Hall–Kier alpha value is -1.36. The molecule has 1 aromatic rings. The molecule has 0 amide bonds. The Kier molecular flexibility index (Phi) is 4.96. The highest BCUT2D eigenvalue weighted by Crippen LogP contribution is 2.33. The first kappa shape index (κ1) is 14.1. The molecule has 2 rings (SSSR count). The fraction of sp³-hybridized carbons (Fsp3) is 0.500. The molecule has 1 aromatic heterocycles. The van der Waals surface area contributed by atoms with E-state index in [2.05, 4.69) is 11.9 Å². The van der Waals surface area contributed by atoms with Crippen LogP contribution in [-0.4, -0.2) is 25.7 Å². The molecule has 104 valence electrons. The summed E-state index contributed by atoms with van der Waals surface area (Å²) in [6, 6.07) is 3.73. The van der Waals surface area contributed by atoms with Crippen LogP contribution >= 0.6 is 0 Å². The number of rotatable bonds is 6. The highest BCUT2D eigenvalue weighted by molar-refractivity contribution is 7.88. The van der Waals surface area contributed by atoms with E-state index in [0.717, 1.165) is 24.9 Å². The predicted octanol–water partition coefficient (Wildman–Crippen LogP) is 3.08. The van der Waals surface area contributed by atoms with Gasteiger partial charge in [0, 0.05) is 24.5 Å². The predicted molar refractivity (Wildman–Crippen MR) is 76.7 cm³/mol. The summed E-state index contributed by atoms with van der Waals surface area (Å²) in [5.41, 5.74) is 0.886. The standard InChI is InChI=1S/C14H20N2O2S/c1-2-3-4-5-9-16-13(17)11-19(18)14(16)12-7-6-8-15-10-12/h6-8,10-11,14,17H,2-5,9H2,1H3. The van der Waals surface area contributed by atoms with Crippen LogP contribution in [0.5, 0.6) is 0 Å². The van der Waals surface area contributed by atoms with Crippen molar-refractivity contribution in [3.63, 3.8) is 0 Å². The molecule has 0 fully saturated rings. The monoisotopic (exact) mass is 280 g/mol. The number of hydrogen-bond donors (Lipinski definition) is 1. The van der Waals surface area contributed by atoms with Gasteiger partial charge in [0.15, 0.2) is 5.88 Å². The molecule has 0 saturated carbocycles. The van der Waals surface area contributed by atoms with Gasteiger partial charge >= 0.3 is 0 Å². The van der Waals surface area contributed by atoms with Gasteiger partial charge in [0.2, 0.25) is 0 Å². The Morgan fingerprint density at radius 2 is 2.26 bits per heavy atom. The van der Waals surface area contributed by atoms with Gasteiger partial charge in [-0.25, -0.2) is 0 Å². The number of aliphatic hydroxyl groups excluding tert-OH is 1. The second kappa shape index (κ2) is 6.70. The molecule has 1 aliphatic heterocycles. The second-order valence-electron chi connectivity index (χ2n) is 4.70. The van der Waals surface area contributed by atoms with Crippen LogP contribution in [0, 0.1) is 0 Å². The zero-order chi connectivity index (χ0) is 13.7. The number of unbranched alkanes of at least 4 members (excludes halogenated alkanes) is 3. The number of hydrogen-bond acceptors (Lipinski definition) is 4. The molecule has 5 heteroatoms. The maximum atomic E-state index is 12.1. The normalized spacial score (nSPS) is 22.6. The van der Waals surface area contributed by atoms with E-state index in [1.165, 1.54) is 18.2 Å². The van der Waals surface area contributed by atoms with Gasteiger partial charge in [0.25, 0.3) is 0 Å². The molecule has 0 spiro atoms.